The van der Waals surface area contributed by atoms with Crippen molar-refractivity contribution in [2.24, 2.45) is 0 Å². The lowest BCUT2D eigenvalue weighted by Crippen LogP contribution is -2.47. The molecule has 2 N–H and O–H groups in total. The van der Waals surface area contributed by atoms with E-state index in [-0.39, 0.29) is 12.5 Å². The topological polar surface area (TPSA) is 52.6 Å². The lowest BCUT2D eigenvalue weighted by Gasteiger charge is -2.35. The first-order valence-corrected chi connectivity index (χ1v) is 5.19. The summed E-state index contributed by atoms with van der Waals surface area (Å²) in [6.45, 7) is 3.77. The number of hydrogen-bond donors (Lipinski definition) is 2. The number of rotatable bonds is 3. The van der Waals surface area contributed by atoms with E-state index in [0.29, 0.717) is 32.5 Å². The van der Waals surface area contributed by atoms with E-state index < -0.39 is 5.60 Å². The van der Waals surface area contributed by atoms with Gasteiger partial charge in [0.1, 0.15) is 0 Å². The van der Waals surface area contributed by atoms with E-state index in [4.69, 9.17) is 6.42 Å². The highest BCUT2D eigenvalue weighted by atomic mass is 16.3. The maximum atomic E-state index is 11.6. The first kappa shape index (κ1) is 12.0. The molecule has 0 atom stereocenters. The first-order chi connectivity index (χ1) is 7.05. The molecule has 0 aliphatic carbocycles. The maximum Gasteiger partial charge on any atom is 0.236 e. The van der Waals surface area contributed by atoms with Crippen LogP contribution in [0.3, 0.4) is 0 Å². The van der Waals surface area contributed by atoms with Gasteiger partial charge >= 0.3 is 0 Å². The zero-order valence-electron chi connectivity index (χ0n) is 9.12. The molecule has 0 unspecified atom stereocenters. The Balaban J connectivity index is 2.28. The van der Waals surface area contributed by atoms with Crippen LogP contribution in [0.25, 0.3) is 0 Å². The van der Waals surface area contributed by atoms with E-state index in [2.05, 4.69) is 11.2 Å². The minimum atomic E-state index is -0.608. The van der Waals surface area contributed by atoms with Crippen LogP contribution < -0.4 is 5.32 Å². The average molecular weight is 210 g/mol. The Morgan fingerprint density at radius 2 is 2.20 bits per heavy atom. The summed E-state index contributed by atoms with van der Waals surface area (Å²) in [5, 5.41) is 12.6. The highest BCUT2D eigenvalue weighted by molar-refractivity contribution is 5.78. The van der Waals surface area contributed by atoms with Crippen LogP contribution in [0, 0.1) is 12.3 Å². The number of nitrogens with one attached hydrogen (secondary N) is 1. The van der Waals surface area contributed by atoms with Gasteiger partial charge in [-0.3, -0.25) is 10.1 Å². The number of hydrogen-bond acceptors (Lipinski definition) is 3. The van der Waals surface area contributed by atoms with Gasteiger partial charge in [0.15, 0.2) is 0 Å². The molecular formula is C11H18N2O2. The van der Waals surface area contributed by atoms with E-state index >= 15 is 0 Å². The Labute approximate surface area is 90.6 Å². The van der Waals surface area contributed by atoms with Gasteiger partial charge in [-0.25, -0.2) is 0 Å². The summed E-state index contributed by atoms with van der Waals surface area (Å²) in [6, 6.07) is 0. The fourth-order valence-corrected chi connectivity index (χ4v) is 1.59. The summed E-state index contributed by atoms with van der Waals surface area (Å²) in [4.78, 5) is 13.4. The first-order valence-electron chi connectivity index (χ1n) is 5.19. The summed E-state index contributed by atoms with van der Waals surface area (Å²) < 4.78 is 0. The fourth-order valence-electron chi connectivity index (χ4n) is 1.59. The molecule has 1 saturated heterocycles. The number of likely N-dealkylation sites (tertiary alicyclic amines) is 1. The van der Waals surface area contributed by atoms with Crippen LogP contribution >= 0.6 is 0 Å². The average Bonchev–Trinajstić information content (AvgIpc) is 2.18. The van der Waals surface area contributed by atoms with Crippen molar-refractivity contribution in [2.45, 2.75) is 25.4 Å². The lowest BCUT2D eigenvalue weighted by atomic mass is 9.94. The van der Waals surface area contributed by atoms with Gasteiger partial charge < -0.3 is 10.0 Å². The second-order valence-electron chi connectivity index (χ2n) is 4.19. The van der Waals surface area contributed by atoms with Gasteiger partial charge in [0.05, 0.1) is 18.7 Å². The second kappa shape index (κ2) is 5.15. The van der Waals surface area contributed by atoms with Crippen molar-refractivity contribution in [3.63, 3.8) is 0 Å². The van der Waals surface area contributed by atoms with Crippen LogP contribution in [0.1, 0.15) is 19.8 Å². The highest BCUT2D eigenvalue weighted by Gasteiger charge is 2.29. The Bertz CT molecular complexity index is 258. The third kappa shape index (κ3) is 3.90. The minimum absolute atomic E-state index is 0.0563. The van der Waals surface area contributed by atoms with Crippen LogP contribution in [0.4, 0.5) is 0 Å². The molecule has 1 heterocycles. The molecule has 1 aliphatic heterocycles. The van der Waals surface area contributed by atoms with E-state index in [9.17, 15) is 9.90 Å². The molecular weight excluding hydrogens is 192 g/mol. The van der Waals surface area contributed by atoms with Gasteiger partial charge in [0.25, 0.3) is 0 Å². The molecule has 1 rings (SSSR count). The Hall–Kier alpha value is -1.05. The number of piperidine rings is 1. The van der Waals surface area contributed by atoms with Crippen LogP contribution in [0.2, 0.25) is 0 Å². The zero-order chi connectivity index (χ0) is 11.3. The van der Waals surface area contributed by atoms with Crippen molar-refractivity contribution in [1.82, 2.24) is 10.2 Å². The maximum absolute atomic E-state index is 11.6. The monoisotopic (exact) mass is 210 g/mol. The van der Waals surface area contributed by atoms with Crippen LogP contribution in [0.5, 0.6) is 0 Å². The van der Waals surface area contributed by atoms with E-state index in [1.165, 1.54) is 0 Å². The third-order valence-corrected chi connectivity index (χ3v) is 2.70. The molecule has 4 heteroatoms. The normalized spacial score (nSPS) is 19.7. The Morgan fingerprint density at radius 3 is 2.73 bits per heavy atom. The van der Waals surface area contributed by atoms with Crippen LogP contribution in [0.15, 0.2) is 0 Å². The molecule has 0 aromatic heterocycles. The summed E-state index contributed by atoms with van der Waals surface area (Å²) in [5.41, 5.74) is -0.608. The number of aliphatic hydroxyl groups is 1. The molecule has 1 amide bonds. The molecule has 4 nitrogen and oxygen atoms in total. The standard InChI is InChI=1S/C11H18N2O2/c1-3-6-12-9-10(14)13-7-4-11(2,15)5-8-13/h1,12,15H,4-9H2,2H3. The second-order valence-corrected chi connectivity index (χ2v) is 4.19. The van der Waals surface area contributed by atoms with Gasteiger partial charge in [0.2, 0.25) is 5.91 Å². The summed E-state index contributed by atoms with van der Waals surface area (Å²) in [6.07, 6.45) is 6.35. The molecule has 0 spiro atoms. The van der Waals surface area contributed by atoms with Gasteiger partial charge in [-0.1, -0.05) is 5.92 Å². The Morgan fingerprint density at radius 1 is 1.60 bits per heavy atom. The van der Waals surface area contributed by atoms with E-state index in [1.807, 2.05) is 6.92 Å². The predicted molar refractivity (Wildman–Crippen MR) is 58.1 cm³/mol. The molecule has 1 fully saturated rings. The van der Waals surface area contributed by atoms with Gasteiger partial charge in [-0.2, -0.15) is 0 Å². The molecule has 0 bridgehead atoms. The smallest absolute Gasteiger partial charge is 0.236 e. The fraction of sp³-hybridized carbons (Fsp3) is 0.727. The summed E-state index contributed by atoms with van der Waals surface area (Å²) in [5.74, 6) is 2.47. The van der Waals surface area contributed by atoms with Crippen molar-refractivity contribution in [3.8, 4) is 12.3 Å². The lowest BCUT2D eigenvalue weighted by molar-refractivity contribution is -0.133. The van der Waals surface area contributed by atoms with E-state index in [0.717, 1.165) is 0 Å². The molecule has 84 valence electrons. The number of nitrogens with zero attached hydrogens (tertiary/aromatic N) is 1. The highest BCUT2D eigenvalue weighted by Crippen LogP contribution is 2.20. The molecule has 15 heavy (non-hydrogen) atoms. The summed E-state index contributed by atoms with van der Waals surface area (Å²) in [7, 11) is 0. The predicted octanol–water partition coefficient (Wildman–Crippen LogP) is -0.417. The van der Waals surface area contributed by atoms with Gasteiger partial charge in [-0.15, -0.1) is 6.42 Å². The van der Waals surface area contributed by atoms with Gasteiger partial charge in [-0.05, 0) is 19.8 Å². The largest absolute Gasteiger partial charge is 0.390 e. The Kier molecular flexibility index (Phi) is 4.13. The number of carbonyl (C=O) groups is 1. The van der Waals surface area contributed by atoms with Crippen LogP contribution in [-0.4, -0.2) is 47.7 Å². The van der Waals surface area contributed by atoms with Crippen molar-refractivity contribution in [2.75, 3.05) is 26.2 Å². The van der Waals surface area contributed by atoms with Crippen molar-refractivity contribution < 1.29 is 9.90 Å². The molecule has 0 saturated carbocycles. The number of amides is 1. The SMILES string of the molecule is C#CCNCC(=O)N1CCC(C)(O)CC1. The van der Waals surface area contributed by atoms with Crippen LogP contribution in [-0.2, 0) is 4.79 Å². The minimum Gasteiger partial charge on any atom is -0.390 e. The quantitative estimate of drug-likeness (QED) is 0.491. The van der Waals surface area contributed by atoms with Crippen molar-refractivity contribution in [1.29, 1.82) is 0 Å². The summed E-state index contributed by atoms with van der Waals surface area (Å²) >= 11 is 0. The van der Waals surface area contributed by atoms with Crippen molar-refractivity contribution >= 4 is 5.91 Å². The number of carbonyl (C=O) groups excluding carboxylic acids is 1. The van der Waals surface area contributed by atoms with Crippen molar-refractivity contribution in [3.05, 3.63) is 0 Å². The molecule has 1 aliphatic rings. The van der Waals surface area contributed by atoms with Gasteiger partial charge in [0, 0.05) is 13.1 Å². The molecule has 0 aromatic carbocycles. The third-order valence-electron chi connectivity index (χ3n) is 2.70. The number of terminal acetylenes is 1. The zero-order valence-corrected chi connectivity index (χ0v) is 9.12. The molecule has 0 radical (unpaired) electrons. The van der Waals surface area contributed by atoms with E-state index in [1.54, 1.807) is 4.90 Å². The molecule has 0 aromatic rings.